The van der Waals surface area contributed by atoms with Crippen LogP contribution in [0.3, 0.4) is 0 Å². The zero-order valence-corrected chi connectivity index (χ0v) is 15.7. The van der Waals surface area contributed by atoms with Crippen molar-refractivity contribution < 1.29 is 9.59 Å². The van der Waals surface area contributed by atoms with E-state index in [-0.39, 0.29) is 17.4 Å². The number of hydrogen-bond acceptors (Lipinski definition) is 5. The van der Waals surface area contributed by atoms with Crippen LogP contribution in [-0.4, -0.2) is 22.4 Å². The smallest absolute Gasteiger partial charge is 0.234 e. The number of nitrogens with zero attached hydrogens (tertiary/aromatic N) is 2. The molecule has 1 heterocycles. The second kappa shape index (κ2) is 9.73. The molecule has 0 aliphatic heterocycles. The highest BCUT2D eigenvalue weighted by Crippen LogP contribution is 2.21. The summed E-state index contributed by atoms with van der Waals surface area (Å²) in [5.41, 5.74) is 2.65. The minimum atomic E-state index is -0.185. The average molecular weight is 367 g/mol. The maximum Gasteiger partial charge on any atom is 0.234 e. The molecule has 0 radical (unpaired) electrons. The Bertz CT molecular complexity index is 826. The van der Waals surface area contributed by atoms with Crippen LogP contribution in [0.5, 0.6) is 0 Å². The van der Waals surface area contributed by atoms with Crippen LogP contribution in [0.1, 0.15) is 48.3 Å². The van der Waals surface area contributed by atoms with E-state index in [1.54, 1.807) is 30.3 Å². The molecule has 0 aliphatic carbocycles. The van der Waals surface area contributed by atoms with E-state index in [1.165, 1.54) is 18.7 Å². The summed E-state index contributed by atoms with van der Waals surface area (Å²) in [6.45, 7) is 3.62. The second-order valence-electron chi connectivity index (χ2n) is 5.84. The summed E-state index contributed by atoms with van der Waals surface area (Å²) in [6.07, 6.45) is 2.99. The van der Waals surface area contributed by atoms with Gasteiger partial charge in [-0.15, -0.1) is 0 Å². The van der Waals surface area contributed by atoms with Crippen LogP contribution in [0.4, 0.5) is 5.69 Å². The summed E-state index contributed by atoms with van der Waals surface area (Å²) in [5, 5.41) is 12.6. The lowest BCUT2D eigenvalue weighted by Gasteiger charge is -2.08. The number of unbranched alkanes of at least 4 members (excludes halogenated alkanes) is 1. The van der Waals surface area contributed by atoms with Gasteiger partial charge in [0.2, 0.25) is 5.91 Å². The first kappa shape index (κ1) is 19.7. The molecule has 1 N–H and O–H groups in total. The van der Waals surface area contributed by atoms with Crippen molar-refractivity contribution in [1.82, 2.24) is 4.98 Å². The molecule has 6 heteroatoms. The van der Waals surface area contributed by atoms with E-state index in [2.05, 4.69) is 23.3 Å². The molecule has 0 saturated heterocycles. The highest BCUT2D eigenvalue weighted by Gasteiger charge is 2.10. The van der Waals surface area contributed by atoms with E-state index in [4.69, 9.17) is 0 Å². The fourth-order valence-corrected chi connectivity index (χ4v) is 3.08. The molecule has 0 bridgehead atoms. The summed E-state index contributed by atoms with van der Waals surface area (Å²) in [6, 6.07) is 12.5. The van der Waals surface area contributed by atoms with Crippen LogP contribution in [0.25, 0.3) is 0 Å². The number of benzene rings is 1. The summed E-state index contributed by atoms with van der Waals surface area (Å²) in [4.78, 5) is 27.9. The Hall–Kier alpha value is -2.65. The molecule has 0 spiro atoms. The Balaban J connectivity index is 1.97. The first-order valence-corrected chi connectivity index (χ1v) is 9.45. The van der Waals surface area contributed by atoms with Gasteiger partial charge in [-0.3, -0.25) is 9.59 Å². The van der Waals surface area contributed by atoms with Crippen molar-refractivity contribution in [2.75, 3.05) is 11.1 Å². The van der Waals surface area contributed by atoms with Crippen LogP contribution in [0.15, 0.2) is 41.4 Å². The van der Waals surface area contributed by atoms with E-state index in [1.807, 2.05) is 6.07 Å². The van der Waals surface area contributed by atoms with Crippen molar-refractivity contribution in [3.63, 3.8) is 0 Å². The predicted octanol–water partition coefficient (Wildman–Crippen LogP) is 4.23. The zero-order chi connectivity index (χ0) is 18.9. The standard InChI is InChI=1S/C20H21N3O2S/c1-3-4-5-17-11-8-16(12-21)20(23-17)26-13-19(25)22-18-9-6-15(7-10-18)14(2)24/h6-11H,3-5,13H2,1-2H3,(H,22,25). The van der Waals surface area contributed by atoms with E-state index in [0.717, 1.165) is 25.0 Å². The molecule has 26 heavy (non-hydrogen) atoms. The average Bonchev–Trinajstić information content (AvgIpc) is 2.65. The SMILES string of the molecule is CCCCc1ccc(C#N)c(SCC(=O)Nc2ccc(C(C)=O)cc2)n1. The molecular formula is C20H21N3O2S. The number of pyridine rings is 1. The topological polar surface area (TPSA) is 82.9 Å². The number of ketones is 1. The Morgan fingerprint density at radius 3 is 2.54 bits per heavy atom. The molecule has 0 atom stereocenters. The molecule has 1 aromatic carbocycles. The lowest BCUT2D eigenvalue weighted by atomic mass is 10.1. The Morgan fingerprint density at radius 1 is 1.19 bits per heavy atom. The van der Waals surface area contributed by atoms with Crippen molar-refractivity contribution in [3.05, 3.63) is 53.2 Å². The number of amides is 1. The number of rotatable bonds is 8. The Morgan fingerprint density at radius 2 is 1.92 bits per heavy atom. The first-order chi connectivity index (χ1) is 12.5. The van der Waals surface area contributed by atoms with Crippen LogP contribution in [0.2, 0.25) is 0 Å². The molecule has 2 rings (SSSR count). The number of thioether (sulfide) groups is 1. The van der Waals surface area contributed by atoms with Crippen LogP contribution in [0, 0.1) is 11.3 Å². The van der Waals surface area contributed by atoms with E-state index < -0.39 is 0 Å². The molecular weight excluding hydrogens is 346 g/mol. The summed E-state index contributed by atoms with van der Waals surface area (Å²) >= 11 is 1.25. The fraction of sp³-hybridized carbons (Fsp3) is 0.300. The van der Waals surface area contributed by atoms with Gasteiger partial charge < -0.3 is 5.32 Å². The number of carbonyl (C=O) groups is 2. The van der Waals surface area contributed by atoms with Gasteiger partial charge in [-0.05, 0) is 56.2 Å². The van der Waals surface area contributed by atoms with Gasteiger partial charge in [0, 0.05) is 16.9 Å². The third-order valence-electron chi connectivity index (χ3n) is 3.74. The number of aromatic nitrogens is 1. The number of hydrogen-bond donors (Lipinski definition) is 1. The molecule has 1 aromatic heterocycles. The van der Waals surface area contributed by atoms with Gasteiger partial charge in [0.25, 0.3) is 0 Å². The fourth-order valence-electron chi connectivity index (χ4n) is 2.29. The molecule has 134 valence electrons. The Labute approximate surface area is 157 Å². The quantitative estimate of drug-likeness (QED) is 0.558. The Kier molecular flexibility index (Phi) is 7.37. The maximum atomic E-state index is 12.2. The van der Waals surface area contributed by atoms with Crippen molar-refractivity contribution in [2.24, 2.45) is 0 Å². The normalized spacial score (nSPS) is 10.2. The molecule has 0 unspecified atom stereocenters. The van der Waals surface area contributed by atoms with Crippen molar-refractivity contribution in [1.29, 1.82) is 5.26 Å². The van der Waals surface area contributed by atoms with Crippen molar-refractivity contribution in [2.45, 2.75) is 38.1 Å². The van der Waals surface area contributed by atoms with Crippen molar-refractivity contribution >= 4 is 29.1 Å². The number of Topliss-reactive ketones (excluding diaryl/α,β-unsaturated/α-hetero) is 1. The van der Waals surface area contributed by atoms with Gasteiger partial charge in [-0.25, -0.2) is 4.98 Å². The lowest BCUT2D eigenvalue weighted by molar-refractivity contribution is -0.113. The molecule has 0 aliphatic rings. The number of nitriles is 1. The van der Waals surface area contributed by atoms with Crippen LogP contribution in [-0.2, 0) is 11.2 Å². The molecule has 5 nitrogen and oxygen atoms in total. The first-order valence-electron chi connectivity index (χ1n) is 8.47. The molecule has 1 amide bonds. The number of nitrogens with one attached hydrogen (secondary N) is 1. The highest BCUT2D eigenvalue weighted by molar-refractivity contribution is 8.00. The summed E-state index contributed by atoms with van der Waals surface area (Å²) < 4.78 is 0. The van der Waals surface area contributed by atoms with Gasteiger partial charge in [0.05, 0.1) is 11.3 Å². The van der Waals surface area contributed by atoms with Gasteiger partial charge in [-0.1, -0.05) is 25.1 Å². The van der Waals surface area contributed by atoms with E-state index in [0.29, 0.717) is 21.8 Å². The molecule has 0 saturated carbocycles. The zero-order valence-electron chi connectivity index (χ0n) is 14.9. The van der Waals surface area contributed by atoms with Gasteiger partial charge in [0.1, 0.15) is 11.1 Å². The third kappa shape index (κ3) is 5.71. The number of carbonyl (C=O) groups excluding carboxylic acids is 2. The monoisotopic (exact) mass is 367 g/mol. The molecule has 2 aromatic rings. The highest BCUT2D eigenvalue weighted by atomic mass is 32.2. The largest absolute Gasteiger partial charge is 0.325 e. The van der Waals surface area contributed by atoms with Gasteiger partial charge in [0.15, 0.2) is 5.78 Å². The number of aryl methyl sites for hydroxylation is 1. The van der Waals surface area contributed by atoms with Crippen LogP contribution < -0.4 is 5.32 Å². The maximum absolute atomic E-state index is 12.2. The van der Waals surface area contributed by atoms with Gasteiger partial charge >= 0.3 is 0 Å². The van der Waals surface area contributed by atoms with Crippen LogP contribution >= 0.6 is 11.8 Å². The minimum absolute atomic E-state index is 0.0171. The minimum Gasteiger partial charge on any atom is -0.325 e. The summed E-state index contributed by atoms with van der Waals surface area (Å²) in [7, 11) is 0. The van der Waals surface area contributed by atoms with Gasteiger partial charge in [-0.2, -0.15) is 5.26 Å². The van der Waals surface area contributed by atoms with E-state index in [9.17, 15) is 14.9 Å². The lowest BCUT2D eigenvalue weighted by Crippen LogP contribution is -2.14. The molecule has 0 fully saturated rings. The predicted molar refractivity (Wildman–Crippen MR) is 103 cm³/mol. The summed E-state index contributed by atoms with van der Waals surface area (Å²) in [5.74, 6) is -0.0420. The second-order valence-corrected chi connectivity index (χ2v) is 6.81. The van der Waals surface area contributed by atoms with E-state index >= 15 is 0 Å². The number of anilines is 1. The third-order valence-corrected chi connectivity index (χ3v) is 4.73. The van der Waals surface area contributed by atoms with Crippen molar-refractivity contribution in [3.8, 4) is 6.07 Å².